The van der Waals surface area contributed by atoms with Crippen LogP contribution in [0.15, 0.2) is 35.2 Å². The van der Waals surface area contributed by atoms with Crippen LogP contribution in [-0.2, 0) is 14.8 Å². The number of rotatable bonds is 5. The average molecular weight is 286 g/mol. The van der Waals surface area contributed by atoms with Crippen LogP contribution in [0, 0.1) is 5.82 Å². The van der Waals surface area contributed by atoms with Crippen molar-refractivity contribution in [2.75, 3.05) is 11.9 Å². The number of sulfonamides is 1. The minimum atomic E-state index is -3.93. The number of nitrogens with one attached hydrogen (secondary N) is 2. The second-order valence-corrected chi connectivity index (χ2v) is 5.84. The molecule has 0 saturated heterocycles. The third-order valence-electron chi connectivity index (χ3n) is 2.11. The lowest BCUT2D eigenvalue weighted by Gasteiger charge is -2.09. The number of carbonyl (C=O) groups is 1. The van der Waals surface area contributed by atoms with Crippen LogP contribution in [0.1, 0.15) is 13.8 Å². The van der Waals surface area contributed by atoms with Crippen LogP contribution in [0.25, 0.3) is 0 Å². The summed E-state index contributed by atoms with van der Waals surface area (Å²) in [4.78, 5) is 10.3. The molecule has 2 N–H and O–H groups in total. The van der Waals surface area contributed by atoms with Gasteiger partial charge in [-0.15, -0.1) is 0 Å². The highest BCUT2D eigenvalue weighted by Crippen LogP contribution is 2.18. The largest absolute Gasteiger partial charge is 0.326 e. The number of benzene rings is 1. The Morgan fingerprint density at radius 1 is 1.37 bits per heavy atom. The molecule has 104 valence electrons. The Morgan fingerprint density at radius 2 is 2.00 bits per heavy atom. The van der Waals surface area contributed by atoms with Crippen LogP contribution in [0.3, 0.4) is 0 Å². The van der Waals surface area contributed by atoms with Gasteiger partial charge in [0, 0.05) is 19.2 Å². The fourth-order valence-electron chi connectivity index (χ4n) is 1.30. The molecule has 7 heteroatoms. The molecule has 0 unspecified atom stereocenters. The number of halogens is 1. The van der Waals surface area contributed by atoms with Crippen molar-refractivity contribution in [3.05, 3.63) is 36.2 Å². The first-order chi connectivity index (χ1) is 8.72. The third kappa shape index (κ3) is 4.46. The number of anilines is 1. The molecule has 5 nitrogen and oxygen atoms in total. The Balaban J connectivity index is 3.01. The Hall–Kier alpha value is -1.73. The van der Waals surface area contributed by atoms with Gasteiger partial charge in [-0.2, -0.15) is 0 Å². The van der Waals surface area contributed by atoms with Crippen molar-refractivity contribution in [1.29, 1.82) is 0 Å². The molecule has 1 aromatic carbocycles. The lowest BCUT2D eigenvalue weighted by Crippen LogP contribution is -2.26. The van der Waals surface area contributed by atoms with E-state index in [1.807, 2.05) is 0 Å². The summed E-state index contributed by atoms with van der Waals surface area (Å²) in [5.41, 5.74) is 0.808. The van der Waals surface area contributed by atoms with E-state index in [0.717, 1.165) is 12.1 Å². The van der Waals surface area contributed by atoms with Gasteiger partial charge in [-0.1, -0.05) is 12.2 Å². The molecule has 0 aliphatic heterocycles. The highest BCUT2D eigenvalue weighted by Gasteiger charge is 2.18. The molecule has 1 amide bonds. The van der Waals surface area contributed by atoms with Gasteiger partial charge in [0.05, 0.1) is 0 Å². The first-order valence-corrected chi connectivity index (χ1v) is 6.92. The summed E-state index contributed by atoms with van der Waals surface area (Å²) >= 11 is 0. The maximum atomic E-state index is 13.7. The fourth-order valence-corrected chi connectivity index (χ4v) is 2.45. The van der Waals surface area contributed by atoms with Crippen molar-refractivity contribution in [3.63, 3.8) is 0 Å². The minimum Gasteiger partial charge on any atom is -0.326 e. The average Bonchev–Trinajstić information content (AvgIpc) is 2.25. The van der Waals surface area contributed by atoms with Crippen molar-refractivity contribution in [2.45, 2.75) is 18.7 Å². The molecule has 0 heterocycles. The zero-order valence-corrected chi connectivity index (χ0v) is 11.5. The SMILES string of the molecule is C=C(C)CNS(=O)(=O)c1ccc(NC(C)=O)cc1F. The Labute approximate surface area is 111 Å². The van der Waals surface area contributed by atoms with Gasteiger partial charge in [-0.3, -0.25) is 4.79 Å². The summed E-state index contributed by atoms with van der Waals surface area (Å²) < 4.78 is 39.6. The number of hydrogen-bond acceptors (Lipinski definition) is 3. The van der Waals surface area contributed by atoms with E-state index in [-0.39, 0.29) is 18.1 Å². The van der Waals surface area contributed by atoms with Crippen LogP contribution in [0.4, 0.5) is 10.1 Å². The summed E-state index contributed by atoms with van der Waals surface area (Å²) in [6, 6.07) is 3.37. The zero-order chi connectivity index (χ0) is 14.6. The van der Waals surface area contributed by atoms with E-state index in [2.05, 4.69) is 16.6 Å². The minimum absolute atomic E-state index is 0.0369. The summed E-state index contributed by atoms with van der Waals surface area (Å²) in [6.45, 7) is 6.52. The van der Waals surface area contributed by atoms with E-state index in [0.29, 0.717) is 5.57 Å². The van der Waals surface area contributed by atoms with Gasteiger partial charge in [0.15, 0.2) is 0 Å². The summed E-state index contributed by atoms with van der Waals surface area (Å²) in [5.74, 6) is -1.30. The smallest absolute Gasteiger partial charge is 0.243 e. The highest BCUT2D eigenvalue weighted by atomic mass is 32.2. The van der Waals surface area contributed by atoms with Crippen molar-refractivity contribution in [1.82, 2.24) is 4.72 Å². The van der Waals surface area contributed by atoms with E-state index in [1.54, 1.807) is 6.92 Å². The van der Waals surface area contributed by atoms with Gasteiger partial charge < -0.3 is 5.32 Å². The third-order valence-corrected chi connectivity index (χ3v) is 3.54. The van der Waals surface area contributed by atoms with Gasteiger partial charge in [0.2, 0.25) is 15.9 Å². The summed E-state index contributed by atoms with van der Waals surface area (Å²) in [5, 5.41) is 2.37. The molecule has 0 atom stereocenters. The first kappa shape index (κ1) is 15.3. The van der Waals surface area contributed by atoms with Crippen molar-refractivity contribution < 1.29 is 17.6 Å². The molecule has 0 aliphatic carbocycles. The van der Waals surface area contributed by atoms with Crippen molar-refractivity contribution in [2.24, 2.45) is 0 Å². The molecule has 0 bridgehead atoms. The van der Waals surface area contributed by atoms with Crippen LogP contribution in [0.5, 0.6) is 0 Å². The maximum Gasteiger partial charge on any atom is 0.243 e. The van der Waals surface area contributed by atoms with E-state index in [4.69, 9.17) is 0 Å². The van der Waals surface area contributed by atoms with Crippen LogP contribution in [0.2, 0.25) is 0 Å². The zero-order valence-electron chi connectivity index (χ0n) is 10.7. The van der Waals surface area contributed by atoms with Crippen LogP contribution < -0.4 is 10.0 Å². The molecular formula is C12H15FN2O3S. The first-order valence-electron chi connectivity index (χ1n) is 5.43. The molecule has 0 fully saturated rings. The number of amides is 1. The molecular weight excluding hydrogens is 271 g/mol. The van der Waals surface area contributed by atoms with Crippen LogP contribution in [-0.4, -0.2) is 20.9 Å². The predicted octanol–water partition coefficient (Wildman–Crippen LogP) is 1.64. The van der Waals surface area contributed by atoms with E-state index >= 15 is 0 Å². The molecule has 0 saturated carbocycles. The second kappa shape index (κ2) is 5.94. The van der Waals surface area contributed by atoms with Gasteiger partial charge in [-0.25, -0.2) is 17.5 Å². The Morgan fingerprint density at radius 3 is 2.47 bits per heavy atom. The number of hydrogen-bond donors (Lipinski definition) is 2. The monoisotopic (exact) mass is 286 g/mol. The molecule has 0 aromatic heterocycles. The van der Waals surface area contributed by atoms with E-state index in [9.17, 15) is 17.6 Å². The molecule has 0 radical (unpaired) electrons. The molecule has 1 rings (SSSR count). The van der Waals surface area contributed by atoms with Gasteiger partial charge in [0.25, 0.3) is 0 Å². The normalized spacial score (nSPS) is 11.1. The fraction of sp³-hybridized carbons (Fsp3) is 0.250. The van der Waals surface area contributed by atoms with E-state index < -0.39 is 20.7 Å². The van der Waals surface area contributed by atoms with Gasteiger partial charge in [-0.05, 0) is 25.1 Å². The summed E-state index contributed by atoms with van der Waals surface area (Å²) in [6.07, 6.45) is 0. The standard InChI is InChI=1S/C12H15FN2O3S/c1-8(2)7-14-19(17,18)12-5-4-10(6-11(12)13)15-9(3)16/h4-6,14H,1,7H2,2-3H3,(H,15,16). The molecule has 19 heavy (non-hydrogen) atoms. The lowest BCUT2D eigenvalue weighted by molar-refractivity contribution is -0.114. The quantitative estimate of drug-likeness (QED) is 0.808. The summed E-state index contributed by atoms with van der Waals surface area (Å²) in [7, 11) is -3.93. The molecule has 0 spiro atoms. The second-order valence-electron chi connectivity index (χ2n) is 4.11. The Bertz CT molecular complexity index is 611. The van der Waals surface area contributed by atoms with Gasteiger partial charge in [0.1, 0.15) is 10.7 Å². The van der Waals surface area contributed by atoms with Crippen molar-refractivity contribution in [3.8, 4) is 0 Å². The van der Waals surface area contributed by atoms with Gasteiger partial charge >= 0.3 is 0 Å². The highest BCUT2D eigenvalue weighted by molar-refractivity contribution is 7.89. The van der Waals surface area contributed by atoms with Crippen LogP contribution >= 0.6 is 0 Å². The predicted molar refractivity (Wildman–Crippen MR) is 70.7 cm³/mol. The maximum absolute atomic E-state index is 13.7. The lowest BCUT2D eigenvalue weighted by atomic mass is 10.3. The van der Waals surface area contributed by atoms with Crippen molar-refractivity contribution >= 4 is 21.6 Å². The topological polar surface area (TPSA) is 75.3 Å². The van der Waals surface area contributed by atoms with E-state index in [1.165, 1.54) is 13.0 Å². The number of carbonyl (C=O) groups excluding carboxylic acids is 1. The molecule has 1 aromatic rings. The Kier molecular flexibility index (Phi) is 4.79. The molecule has 0 aliphatic rings.